The Hall–Kier alpha value is -2.44. The summed E-state index contributed by atoms with van der Waals surface area (Å²) in [6.45, 7) is 6.19. The first-order valence-electron chi connectivity index (χ1n) is 16.3. The van der Waals surface area contributed by atoms with Crippen LogP contribution in [0.25, 0.3) is 0 Å². The molecule has 0 aliphatic heterocycles. The molecule has 42 heavy (non-hydrogen) atoms. The fourth-order valence-corrected chi connectivity index (χ4v) is 3.93. The minimum atomic E-state index is -0.996. The van der Waals surface area contributed by atoms with Crippen molar-refractivity contribution in [1.29, 1.82) is 0 Å². The Morgan fingerprint density at radius 1 is 0.643 bits per heavy atom. The molecule has 0 spiro atoms. The number of hydrogen-bond acceptors (Lipinski definition) is 6. The summed E-state index contributed by atoms with van der Waals surface area (Å²) in [5.41, 5.74) is 0. The van der Waals surface area contributed by atoms with Gasteiger partial charge in [-0.2, -0.15) is 0 Å². The summed E-state index contributed by atoms with van der Waals surface area (Å²) in [5.74, 6) is 0.158. The molecule has 0 aromatic heterocycles. The van der Waals surface area contributed by atoms with Crippen LogP contribution < -0.4 is 0 Å². The van der Waals surface area contributed by atoms with Crippen LogP contribution in [0.4, 0.5) is 0 Å². The molecule has 0 bridgehead atoms. The van der Waals surface area contributed by atoms with E-state index < -0.39 is 6.10 Å². The fraction of sp³-hybridized carbons (Fsp3) is 0.667. The van der Waals surface area contributed by atoms with Gasteiger partial charge in [-0.05, 0) is 50.9 Å². The van der Waals surface area contributed by atoms with E-state index in [0.717, 1.165) is 57.3 Å². The maximum atomic E-state index is 11.9. The van der Waals surface area contributed by atoms with Crippen LogP contribution in [0.2, 0.25) is 0 Å². The van der Waals surface area contributed by atoms with Gasteiger partial charge < -0.3 is 19.7 Å². The summed E-state index contributed by atoms with van der Waals surface area (Å²) >= 11 is 0. The molecule has 0 aliphatic carbocycles. The van der Waals surface area contributed by atoms with Crippen molar-refractivity contribution in [2.75, 3.05) is 13.2 Å². The van der Waals surface area contributed by atoms with E-state index >= 15 is 0 Å². The van der Waals surface area contributed by atoms with Gasteiger partial charge in [0.15, 0.2) is 0 Å². The lowest BCUT2D eigenvalue weighted by Gasteiger charge is -2.12. The van der Waals surface area contributed by atoms with Gasteiger partial charge in [-0.25, -0.2) is 0 Å². The number of carbonyl (C=O) groups excluding carboxylic acids is 2. The molecule has 6 heteroatoms. The first-order chi connectivity index (χ1) is 20.4. The van der Waals surface area contributed by atoms with Crippen molar-refractivity contribution in [2.24, 2.45) is 5.92 Å². The highest BCUT2D eigenvalue weighted by atomic mass is 16.6. The van der Waals surface area contributed by atoms with Gasteiger partial charge in [-0.3, -0.25) is 9.59 Å². The molecule has 0 fully saturated rings. The molecule has 2 N–H and O–H groups in total. The van der Waals surface area contributed by atoms with Crippen LogP contribution in [0.1, 0.15) is 124 Å². The standard InChI is InChI=1S/C36H60O6/c1-4-32(3)26-22-18-16-17-21-25-29-36(40)42-31-34(38)30-41-35(39)28-24-20-15-13-11-9-7-6-8-10-12-14-19-23-27-33(37)5-2/h7-10,13-15,19,23,27,32-34,37-38H,4-6,11-12,16-18,20-22,24-26,28-31H2,1-3H3/b9-7-,10-8-,15-13-,19-14-,27-23+/t32?,33-,34+/m0/s1. The fourth-order valence-electron chi connectivity index (χ4n) is 3.93. The van der Waals surface area contributed by atoms with Gasteiger partial charge in [0.2, 0.25) is 0 Å². The second kappa shape index (κ2) is 30.0. The third-order valence-electron chi connectivity index (χ3n) is 6.97. The molecule has 0 saturated carbocycles. The van der Waals surface area contributed by atoms with Crippen LogP contribution in [0.15, 0.2) is 60.8 Å². The molecule has 0 aromatic rings. The lowest BCUT2D eigenvalue weighted by Crippen LogP contribution is -2.25. The number of aliphatic hydroxyl groups excluding tert-OH is 2. The van der Waals surface area contributed by atoms with Gasteiger partial charge >= 0.3 is 11.9 Å². The van der Waals surface area contributed by atoms with Gasteiger partial charge in [0.05, 0.1) is 6.10 Å². The van der Waals surface area contributed by atoms with Gasteiger partial charge in [-0.1, -0.05) is 126 Å². The van der Waals surface area contributed by atoms with Gasteiger partial charge in [-0.15, -0.1) is 0 Å². The number of aliphatic hydroxyl groups is 2. The van der Waals surface area contributed by atoms with Crippen molar-refractivity contribution >= 4 is 11.9 Å². The second-order valence-electron chi connectivity index (χ2n) is 11.0. The van der Waals surface area contributed by atoms with Crippen molar-refractivity contribution in [2.45, 2.75) is 136 Å². The monoisotopic (exact) mass is 588 g/mol. The Kier molecular flexibility index (Phi) is 28.3. The molecule has 240 valence electrons. The molecule has 0 rings (SSSR count). The highest BCUT2D eigenvalue weighted by molar-refractivity contribution is 5.69. The molecule has 3 atom stereocenters. The minimum absolute atomic E-state index is 0.146. The number of carbonyl (C=O) groups is 2. The van der Waals surface area contributed by atoms with Crippen LogP contribution in [-0.4, -0.2) is 47.6 Å². The summed E-state index contributed by atoms with van der Waals surface area (Å²) in [4.78, 5) is 23.7. The molecule has 1 unspecified atom stereocenters. The number of ether oxygens (including phenoxy) is 2. The molecular formula is C36H60O6. The van der Waals surface area contributed by atoms with E-state index in [4.69, 9.17) is 9.47 Å². The first-order valence-corrected chi connectivity index (χ1v) is 16.3. The predicted octanol–water partition coefficient (Wildman–Crippen LogP) is 8.49. The molecular weight excluding hydrogens is 528 g/mol. The third kappa shape index (κ3) is 29.1. The summed E-state index contributed by atoms with van der Waals surface area (Å²) in [5, 5.41) is 19.3. The van der Waals surface area contributed by atoms with Gasteiger partial charge in [0, 0.05) is 12.8 Å². The quantitative estimate of drug-likeness (QED) is 0.0433. The van der Waals surface area contributed by atoms with E-state index in [1.54, 1.807) is 6.08 Å². The first kappa shape index (κ1) is 39.6. The number of unbranched alkanes of at least 4 members (excludes halogenated alkanes) is 6. The molecule has 6 nitrogen and oxygen atoms in total. The molecule has 0 aromatic carbocycles. The zero-order chi connectivity index (χ0) is 31.1. The topological polar surface area (TPSA) is 93.1 Å². The van der Waals surface area contributed by atoms with E-state index in [-0.39, 0.29) is 31.3 Å². The third-order valence-corrected chi connectivity index (χ3v) is 6.97. The molecule has 0 amide bonds. The minimum Gasteiger partial charge on any atom is -0.463 e. The molecule has 0 radical (unpaired) electrons. The molecule has 0 aliphatic rings. The number of esters is 2. The highest BCUT2D eigenvalue weighted by Gasteiger charge is 2.12. The largest absolute Gasteiger partial charge is 0.463 e. The average molecular weight is 589 g/mol. The van der Waals surface area contributed by atoms with Crippen molar-refractivity contribution in [3.05, 3.63) is 60.8 Å². The van der Waals surface area contributed by atoms with E-state index in [1.165, 1.54) is 32.1 Å². The normalized spacial score (nSPS) is 14.5. The van der Waals surface area contributed by atoms with Crippen LogP contribution in [0.5, 0.6) is 0 Å². The number of hydrogen-bond donors (Lipinski definition) is 2. The van der Waals surface area contributed by atoms with Crippen molar-refractivity contribution in [1.82, 2.24) is 0 Å². The Balaban J connectivity index is 3.65. The summed E-state index contributed by atoms with van der Waals surface area (Å²) < 4.78 is 10.2. The van der Waals surface area contributed by atoms with E-state index in [2.05, 4.69) is 56.4 Å². The van der Waals surface area contributed by atoms with Crippen LogP contribution >= 0.6 is 0 Å². The maximum Gasteiger partial charge on any atom is 0.305 e. The Bertz CT molecular complexity index is 795. The molecule has 0 heterocycles. The van der Waals surface area contributed by atoms with Gasteiger partial charge in [0.1, 0.15) is 19.3 Å². The Morgan fingerprint density at radius 3 is 1.76 bits per heavy atom. The number of allylic oxidation sites excluding steroid dienone is 9. The summed E-state index contributed by atoms with van der Waals surface area (Å²) in [7, 11) is 0. The van der Waals surface area contributed by atoms with Crippen molar-refractivity contribution in [3.63, 3.8) is 0 Å². The second-order valence-corrected chi connectivity index (χ2v) is 11.0. The van der Waals surface area contributed by atoms with Crippen molar-refractivity contribution in [3.8, 4) is 0 Å². The predicted molar refractivity (Wildman–Crippen MR) is 174 cm³/mol. The Labute approximate surface area is 256 Å². The van der Waals surface area contributed by atoms with Gasteiger partial charge in [0.25, 0.3) is 0 Å². The highest BCUT2D eigenvalue weighted by Crippen LogP contribution is 2.14. The van der Waals surface area contributed by atoms with E-state index in [1.807, 2.05) is 19.1 Å². The van der Waals surface area contributed by atoms with E-state index in [9.17, 15) is 19.8 Å². The zero-order valence-corrected chi connectivity index (χ0v) is 26.8. The number of rotatable bonds is 27. The maximum absolute atomic E-state index is 11.9. The Morgan fingerprint density at radius 2 is 1.17 bits per heavy atom. The zero-order valence-electron chi connectivity index (χ0n) is 26.8. The SMILES string of the molecule is CCC(C)CCCCCCCCC(=O)OC[C@H](O)COC(=O)CCC/C=C\C/C=C\C/C=C\C/C=C\C=C\[C@@H](O)CC. The van der Waals surface area contributed by atoms with Crippen molar-refractivity contribution < 1.29 is 29.3 Å². The van der Waals surface area contributed by atoms with Crippen LogP contribution in [0.3, 0.4) is 0 Å². The van der Waals surface area contributed by atoms with Crippen LogP contribution in [-0.2, 0) is 19.1 Å². The average Bonchev–Trinajstić information content (AvgIpc) is 2.99. The van der Waals surface area contributed by atoms with Crippen LogP contribution in [0, 0.1) is 5.92 Å². The summed E-state index contributed by atoms with van der Waals surface area (Å²) in [6.07, 6.45) is 33.7. The molecule has 0 saturated heterocycles. The van der Waals surface area contributed by atoms with E-state index in [0.29, 0.717) is 19.3 Å². The lowest BCUT2D eigenvalue weighted by molar-refractivity contribution is -0.152. The summed E-state index contributed by atoms with van der Waals surface area (Å²) in [6, 6.07) is 0. The lowest BCUT2D eigenvalue weighted by atomic mass is 10.00. The smallest absolute Gasteiger partial charge is 0.305 e.